The first-order chi connectivity index (χ1) is 10.6. The van der Waals surface area contributed by atoms with Crippen LogP contribution in [0.1, 0.15) is 35.2 Å². The molecule has 120 valence electrons. The normalized spacial score (nSPS) is 28.9. The summed E-state index contributed by atoms with van der Waals surface area (Å²) in [7, 11) is 0. The number of aryl methyl sites for hydroxylation is 1. The van der Waals surface area contributed by atoms with Gasteiger partial charge in [-0.2, -0.15) is 0 Å². The predicted molar refractivity (Wildman–Crippen MR) is 80.1 cm³/mol. The Morgan fingerprint density at radius 3 is 2.95 bits per heavy atom. The van der Waals surface area contributed by atoms with Gasteiger partial charge in [-0.3, -0.25) is 4.79 Å². The van der Waals surface area contributed by atoms with Crippen LogP contribution in [0, 0.1) is 18.7 Å². The molecular formula is C17H22FNO3. The Kier molecular flexibility index (Phi) is 4.45. The molecule has 2 saturated heterocycles. The standard InChI is InChI=1S/C17H22FNO3/c1-11-9-12(4-5-14(11)18)17(21)19-7-2-3-15(19)13-10-22-8-6-16(13)20/h4-5,9,13,15-16,20H,2-3,6-8,10H2,1H3/t13-,15-,16-/m1/s1. The summed E-state index contributed by atoms with van der Waals surface area (Å²) in [6.07, 6.45) is 2.03. The van der Waals surface area contributed by atoms with Gasteiger partial charge in [0, 0.05) is 30.7 Å². The number of benzene rings is 1. The van der Waals surface area contributed by atoms with Crippen molar-refractivity contribution in [3.8, 4) is 0 Å². The fourth-order valence-corrected chi connectivity index (χ4v) is 3.55. The van der Waals surface area contributed by atoms with Crippen LogP contribution in [-0.4, -0.2) is 47.8 Å². The van der Waals surface area contributed by atoms with Crippen LogP contribution in [-0.2, 0) is 4.74 Å². The molecule has 0 aromatic heterocycles. The van der Waals surface area contributed by atoms with Gasteiger partial charge in [-0.05, 0) is 49.9 Å². The number of rotatable bonds is 2. The molecule has 2 aliphatic rings. The lowest BCUT2D eigenvalue weighted by atomic mass is 9.89. The monoisotopic (exact) mass is 307 g/mol. The third kappa shape index (κ3) is 2.88. The minimum absolute atomic E-state index is 0.00755. The summed E-state index contributed by atoms with van der Waals surface area (Å²) in [5.74, 6) is -0.407. The summed E-state index contributed by atoms with van der Waals surface area (Å²) in [5.41, 5.74) is 0.986. The summed E-state index contributed by atoms with van der Waals surface area (Å²) in [5, 5.41) is 10.2. The number of carbonyl (C=O) groups is 1. The van der Waals surface area contributed by atoms with Crippen molar-refractivity contribution in [2.75, 3.05) is 19.8 Å². The molecule has 2 fully saturated rings. The second-order valence-corrected chi connectivity index (χ2v) is 6.27. The van der Waals surface area contributed by atoms with E-state index in [0.717, 1.165) is 12.8 Å². The molecule has 0 unspecified atom stereocenters. The average Bonchev–Trinajstić information content (AvgIpc) is 2.99. The van der Waals surface area contributed by atoms with Gasteiger partial charge in [-0.1, -0.05) is 0 Å². The summed E-state index contributed by atoms with van der Waals surface area (Å²) in [6.45, 7) is 3.42. The van der Waals surface area contributed by atoms with Crippen molar-refractivity contribution >= 4 is 5.91 Å². The lowest BCUT2D eigenvalue weighted by Crippen LogP contribution is -2.48. The van der Waals surface area contributed by atoms with E-state index in [1.54, 1.807) is 13.0 Å². The van der Waals surface area contributed by atoms with Crippen LogP contribution in [0.15, 0.2) is 18.2 Å². The number of amides is 1. The molecule has 2 heterocycles. The number of halogens is 1. The van der Waals surface area contributed by atoms with Crippen LogP contribution in [0.5, 0.6) is 0 Å². The zero-order valence-corrected chi connectivity index (χ0v) is 12.8. The summed E-state index contributed by atoms with van der Waals surface area (Å²) in [6, 6.07) is 4.48. The van der Waals surface area contributed by atoms with E-state index >= 15 is 0 Å². The topological polar surface area (TPSA) is 49.8 Å². The first-order valence-electron chi connectivity index (χ1n) is 7.91. The average molecular weight is 307 g/mol. The van der Waals surface area contributed by atoms with E-state index in [-0.39, 0.29) is 23.7 Å². The molecule has 22 heavy (non-hydrogen) atoms. The third-order valence-electron chi connectivity index (χ3n) is 4.82. The maximum Gasteiger partial charge on any atom is 0.254 e. The van der Waals surface area contributed by atoms with Gasteiger partial charge in [-0.15, -0.1) is 0 Å². The molecule has 0 spiro atoms. The van der Waals surface area contributed by atoms with Gasteiger partial charge in [0.2, 0.25) is 0 Å². The summed E-state index contributed by atoms with van der Waals surface area (Å²) >= 11 is 0. The minimum atomic E-state index is -0.415. The van der Waals surface area contributed by atoms with Crippen LogP contribution in [0.2, 0.25) is 0 Å². The molecule has 0 bridgehead atoms. The van der Waals surface area contributed by atoms with E-state index in [4.69, 9.17) is 4.74 Å². The van der Waals surface area contributed by atoms with Crippen LogP contribution in [0.4, 0.5) is 4.39 Å². The number of aliphatic hydroxyl groups is 1. The number of hydrogen-bond donors (Lipinski definition) is 1. The van der Waals surface area contributed by atoms with E-state index in [1.807, 2.05) is 4.90 Å². The highest BCUT2D eigenvalue weighted by atomic mass is 19.1. The smallest absolute Gasteiger partial charge is 0.254 e. The van der Waals surface area contributed by atoms with Crippen LogP contribution < -0.4 is 0 Å². The van der Waals surface area contributed by atoms with E-state index < -0.39 is 6.10 Å². The molecule has 3 rings (SSSR count). The van der Waals surface area contributed by atoms with Gasteiger partial charge in [-0.25, -0.2) is 4.39 Å². The van der Waals surface area contributed by atoms with E-state index in [0.29, 0.717) is 37.3 Å². The predicted octanol–water partition coefficient (Wildman–Crippen LogP) is 2.14. The van der Waals surface area contributed by atoms with Crippen molar-refractivity contribution in [1.29, 1.82) is 0 Å². The highest BCUT2D eigenvalue weighted by Crippen LogP contribution is 2.31. The number of aliphatic hydroxyl groups excluding tert-OH is 1. The Bertz CT molecular complexity index is 563. The summed E-state index contributed by atoms with van der Waals surface area (Å²) in [4.78, 5) is 14.6. The number of hydrogen-bond acceptors (Lipinski definition) is 3. The molecule has 1 amide bonds. The van der Waals surface area contributed by atoms with Crippen LogP contribution in [0.25, 0.3) is 0 Å². The molecule has 1 aromatic carbocycles. The Hall–Kier alpha value is -1.46. The second kappa shape index (κ2) is 6.34. The molecule has 4 nitrogen and oxygen atoms in total. The fraction of sp³-hybridized carbons (Fsp3) is 0.588. The van der Waals surface area contributed by atoms with Gasteiger partial charge >= 0.3 is 0 Å². The SMILES string of the molecule is Cc1cc(C(=O)N2CCC[C@@H]2[C@H]2COCC[C@H]2O)ccc1F. The van der Waals surface area contributed by atoms with Crippen molar-refractivity contribution in [2.45, 2.75) is 38.3 Å². The van der Waals surface area contributed by atoms with Crippen LogP contribution in [0.3, 0.4) is 0 Å². The molecule has 0 saturated carbocycles. The first kappa shape index (κ1) is 15.4. The lowest BCUT2D eigenvalue weighted by Gasteiger charge is -2.37. The maximum absolute atomic E-state index is 13.4. The highest BCUT2D eigenvalue weighted by Gasteiger charge is 2.39. The van der Waals surface area contributed by atoms with E-state index in [2.05, 4.69) is 0 Å². The number of likely N-dealkylation sites (tertiary alicyclic amines) is 1. The Morgan fingerprint density at radius 1 is 1.41 bits per heavy atom. The Balaban J connectivity index is 1.79. The fourth-order valence-electron chi connectivity index (χ4n) is 3.55. The molecule has 5 heteroatoms. The van der Waals surface area contributed by atoms with Crippen molar-refractivity contribution < 1.29 is 19.0 Å². The zero-order valence-electron chi connectivity index (χ0n) is 12.8. The zero-order chi connectivity index (χ0) is 15.7. The number of ether oxygens (including phenoxy) is 1. The summed E-state index contributed by atoms with van der Waals surface area (Å²) < 4.78 is 18.9. The molecule has 0 radical (unpaired) electrons. The van der Waals surface area contributed by atoms with Gasteiger partial charge in [0.05, 0.1) is 12.7 Å². The molecule has 1 N–H and O–H groups in total. The molecule has 0 aliphatic carbocycles. The molecular weight excluding hydrogens is 285 g/mol. The second-order valence-electron chi connectivity index (χ2n) is 6.27. The van der Waals surface area contributed by atoms with Crippen molar-refractivity contribution in [3.05, 3.63) is 35.1 Å². The Morgan fingerprint density at radius 2 is 2.23 bits per heavy atom. The van der Waals surface area contributed by atoms with Crippen molar-refractivity contribution in [2.24, 2.45) is 5.92 Å². The first-order valence-corrected chi connectivity index (χ1v) is 7.91. The lowest BCUT2D eigenvalue weighted by molar-refractivity contribution is -0.0589. The van der Waals surface area contributed by atoms with Gasteiger partial charge in [0.15, 0.2) is 0 Å². The third-order valence-corrected chi connectivity index (χ3v) is 4.82. The van der Waals surface area contributed by atoms with Crippen molar-refractivity contribution in [3.63, 3.8) is 0 Å². The number of carbonyl (C=O) groups excluding carboxylic acids is 1. The maximum atomic E-state index is 13.4. The van der Waals surface area contributed by atoms with Gasteiger partial charge < -0.3 is 14.7 Å². The highest BCUT2D eigenvalue weighted by molar-refractivity contribution is 5.94. The largest absolute Gasteiger partial charge is 0.393 e. The van der Waals surface area contributed by atoms with E-state index in [1.165, 1.54) is 12.1 Å². The van der Waals surface area contributed by atoms with Gasteiger partial charge in [0.1, 0.15) is 5.82 Å². The Labute approximate surface area is 129 Å². The van der Waals surface area contributed by atoms with E-state index in [9.17, 15) is 14.3 Å². The quantitative estimate of drug-likeness (QED) is 0.910. The number of nitrogens with zero attached hydrogens (tertiary/aromatic N) is 1. The minimum Gasteiger partial charge on any atom is -0.393 e. The molecule has 1 aromatic rings. The molecule has 2 aliphatic heterocycles. The molecule has 3 atom stereocenters. The van der Waals surface area contributed by atoms with Crippen molar-refractivity contribution in [1.82, 2.24) is 4.90 Å². The van der Waals surface area contributed by atoms with Gasteiger partial charge in [0.25, 0.3) is 5.91 Å². The van der Waals surface area contributed by atoms with Crippen LogP contribution >= 0.6 is 0 Å².